The highest BCUT2D eigenvalue weighted by Gasteiger charge is 2.25. The molecule has 4 nitrogen and oxygen atoms in total. The van der Waals surface area contributed by atoms with Gasteiger partial charge in [0.15, 0.2) is 0 Å². The summed E-state index contributed by atoms with van der Waals surface area (Å²) in [7, 11) is 1.64. The van der Waals surface area contributed by atoms with E-state index in [4.69, 9.17) is 4.74 Å². The summed E-state index contributed by atoms with van der Waals surface area (Å²) in [5.74, 6) is 0.792. The van der Waals surface area contributed by atoms with Crippen molar-refractivity contribution in [1.29, 1.82) is 0 Å². The van der Waals surface area contributed by atoms with Crippen molar-refractivity contribution >= 4 is 5.91 Å². The molecule has 1 atom stereocenters. The van der Waals surface area contributed by atoms with Gasteiger partial charge in [-0.25, -0.2) is 0 Å². The molecule has 0 spiro atoms. The molecule has 0 radical (unpaired) electrons. The summed E-state index contributed by atoms with van der Waals surface area (Å²) in [6.45, 7) is 3.67. The highest BCUT2D eigenvalue weighted by molar-refractivity contribution is 5.84. The van der Waals surface area contributed by atoms with Gasteiger partial charge in [-0.05, 0) is 31.0 Å². The molecule has 98 valence electrons. The van der Waals surface area contributed by atoms with Crippen LogP contribution in [-0.2, 0) is 11.2 Å². The monoisotopic (exact) mass is 248 g/mol. The van der Waals surface area contributed by atoms with Crippen molar-refractivity contribution in [2.24, 2.45) is 0 Å². The van der Waals surface area contributed by atoms with E-state index in [9.17, 15) is 4.79 Å². The highest BCUT2D eigenvalue weighted by atomic mass is 16.5. The quantitative estimate of drug-likeness (QED) is 0.850. The number of ether oxygens (including phenoxy) is 1. The molecule has 0 saturated carbocycles. The van der Waals surface area contributed by atoms with Crippen LogP contribution >= 0.6 is 0 Å². The second kappa shape index (κ2) is 5.87. The van der Waals surface area contributed by atoms with Crippen LogP contribution in [0.5, 0.6) is 5.75 Å². The summed E-state index contributed by atoms with van der Waals surface area (Å²) in [5.41, 5.74) is 2.14. The Morgan fingerprint density at radius 1 is 1.39 bits per heavy atom. The Morgan fingerprint density at radius 3 is 2.94 bits per heavy atom. The number of rotatable bonds is 3. The van der Waals surface area contributed by atoms with Crippen molar-refractivity contribution in [2.45, 2.75) is 25.8 Å². The molecule has 1 aliphatic heterocycles. The van der Waals surface area contributed by atoms with Crippen LogP contribution in [0.15, 0.2) is 18.2 Å². The van der Waals surface area contributed by atoms with Crippen LogP contribution in [0.25, 0.3) is 0 Å². The Morgan fingerprint density at radius 2 is 2.22 bits per heavy atom. The summed E-state index contributed by atoms with van der Waals surface area (Å²) in [5, 5.41) is 6.21. The van der Waals surface area contributed by atoms with E-state index in [2.05, 4.69) is 23.6 Å². The fraction of sp³-hybridized carbons (Fsp3) is 0.500. The zero-order valence-electron chi connectivity index (χ0n) is 11.0. The Labute approximate surface area is 108 Å². The molecule has 0 bridgehead atoms. The van der Waals surface area contributed by atoms with Crippen LogP contribution in [0.2, 0.25) is 0 Å². The molecule has 0 aliphatic carbocycles. The first-order valence-corrected chi connectivity index (χ1v) is 6.44. The van der Waals surface area contributed by atoms with Gasteiger partial charge in [-0.1, -0.05) is 19.1 Å². The minimum absolute atomic E-state index is 0.0269. The lowest BCUT2D eigenvalue weighted by molar-refractivity contribution is -0.122. The molecule has 1 saturated heterocycles. The standard InChI is InChI=1S/C14H20N2O2/c1-3-10-5-6-12(18-2)11(9-10)13-14(17)16-8-4-7-15-13/h5-6,9,13,15H,3-4,7-8H2,1-2H3,(H,16,17). The smallest absolute Gasteiger partial charge is 0.241 e. The molecule has 1 fully saturated rings. The SMILES string of the molecule is CCc1ccc(OC)c(C2NCCCNC2=O)c1. The molecular formula is C14H20N2O2. The molecule has 18 heavy (non-hydrogen) atoms. The van der Waals surface area contributed by atoms with Crippen molar-refractivity contribution in [1.82, 2.24) is 10.6 Å². The lowest BCUT2D eigenvalue weighted by Crippen LogP contribution is -2.34. The summed E-state index contributed by atoms with van der Waals surface area (Å²) in [6, 6.07) is 5.72. The molecule has 2 N–H and O–H groups in total. The van der Waals surface area contributed by atoms with Gasteiger partial charge < -0.3 is 15.4 Å². The van der Waals surface area contributed by atoms with Gasteiger partial charge in [0.05, 0.1) is 7.11 Å². The average molecular weight is 248 g/mol. The maximum absolute atomic E-state index is 12.1. The fourth-order valence-corrected chi connectivity index (χ4v) is 2.22. The fourth-order valence-electron chi connectivity index (χ4n) is 2.22. The predicted octanol–water partition coefficient (Wildman–Crippen LogP) is 1.41. The lowest BCUT2D eigenvalue weighted by Gasteiger charge is -2.18. The Kier molecular flexibility index (Phi) is 4.20. The van der Waals surface area contributed by atoms with E-state index in [0.717, 1.165) is 37.2 Å². The molecule has 2 rings (SSSR count). The van der Waals surface area contributed by atoms with E-state index in [0.29, 0.717) is 0 Å². The summed E-state index contributed by atoms with van der Waals surface area (Å²) in [6.07, 6.45) is 1.91. The maximum Gasteiger partial charge on any atom is 0.241 e. The van der Waals surface area contributed by atoms with E-state index in [-0.39, 0.29) is 11.9 Å². The Bertz CT molecular complexity index is 432. The zero-order valence-corrected chi connectivity index (χ0v) is 11.0. The second-order valence-electron chi connectivity index (χ2n) is 4.46. The van der Waals surface area contributed by atoms with Crippen molar-refractivity contribution in [3.8, 4) is 5.75 Å². The minimum Gasteiger partial charge on any atom is -0.496 e. The zero-order chi connectivity index (χ0) is 13.0. The molecule has 1 amide bonds. The summed E-state index contributed by atoms with van der Waals surface area (Å²) >= 11 is 0. The number of aryl methyl sites for hydroxylation is 1. The van der Waals surface area contributed by atoms with Crippen LogP contribution < -0.4 is 15.4 Å². The van der Waals surface area contributed by atoms with E-state index < -0.39 is 0 Å². The Hall–Kier alpha value is -1.55. The number of amides is 1. The first-order valence-electron chi connectivity index (χ1n) is 6.44. The third kappa shape index (κ3) is 2.64. The molecule has 1 heterocycles. The van der Waals surface area contributed by atoms with Gasteiger partial charge in [0.1, 0.15) is 11.8 Å². The Balaban J connectivity index is 2.36. The number of hydrogen-bond acceptors (Lipinski definition) is 3. The predicted molar refractivity (Wildman–Crippen MR) is 70.7 cm³/mol. The first-order chi connectivity index (χ1) is 8.76. The topological polar surface area (TPSA) is 50.4 Å². The number of carbonyl (C=O) groups is 1. The van der Waals surface area contributed by atoms with Crippen molar-refractivity contribution in [3.63, 3.8) is 0 Å². The van der Waals surface area contributed by atoms with Gasteiger partial charge in [-0.3, -0.25) is 4.79 Å². The first kappa shape index (κ1) is 12.9. The summed E-state index contributed by atoms with van der Waals surface area (Å²) in [4.78, 5) is 12.1. The summed E-state index contributed by atoms with van der Waals surface area (Å²) < 4.78 is 5.37. The van der Waals surface area contributed by atoms with Gasteiger partial charge in [0.25, 0.3) is 0 Å². The molecular weight excluding hydrogens is 228 g/mol. The normalized spacial score (nSPS) is 20.1. The number of nitrogens with one attached hydrogen (secondary N) is 2. The van der Waals surface area contributed by atoms with E-state index in [1.807, 2.05) is 12.1 Å². The van der Waals surface area contributed by atoms with Crippen LogP contribution in [0, 0.1) is 0 Å². The van der Waals surface area contributed by atoms with Crippen LogP contribution in [0.1, 0.15) is 30.5 Å². The van der Waals surface area contributed by atoms with E-state index in [1.165, 1.54) is 5.56 Å². The largest absolute Gasteiger partial charge is 0.496 e. The molecule has 4 heteroatoms. The number of methoxy groups -OCH3 is 1. The minimum atomic E-state index is -0.311. The van der Waals surface area contributed by atoms with Gasteiger partial charge in [0, 0.05) is 12.1 Å². The number of carbonyl (C=O) groups excluding carboxylic acids is 1. The maximum atomic E-state index is 12.1. The van der Waals surface area contributed by atoms with Crippen molar-refractivity contribution < 1.29 is 9.53 Å². The molecule has 1 aromatic carbocycles. The highest BCUT2D eigenvalue weighted by Crippen LogP contribution is 2.27. The van der Waals surface area contributed by atoms with Crippen LogP contribution in [0.4, 0.5) is 0 Å². The van der Waals surface area contributed by atoms with Gasteiger partial charge in [-0.15, -0.1) is 0 Å². The van der Waals surface area contributed by atoms with E-state index >= 15 is 0 Å². The van der Waals surface area contributed by atoms with Crippen LogP contribution in [0.3, 0.4) is 0 Å². The molecule has 1 aliphatic rings. The van der Waals surface area contributed by atoms with Gasteiger partial charge in [-0.2, -0.15) is 0 Å². The van der Waals surface area contributed by atoms with Gasteiger partial charge >= 0.3 is 0 Å². The number of hydrogen-bond donors (Lipinski definition) is 2. The molecule has 1 unspecified atom stereocenters. The second-order valence-corrected chi connectivity index (χ2v) is 4.46. The number of benzene rings is 1. The van der Waals surface area contributed by atoms with Crippen LogP contribution in [-0.4, -0.2) is 26.1 Å². The van der Waals surface area contributed by atoms with Gasteiger partial charge in [0.2, 0.25) is 5.91 Å². The van der Waals surface area contributed by atoms with Crippen molar-refractivity contribution in [2.75, 3.05) is 20.2 Å². The molecule has 0 aromatic heterocycles. The van der Waals surface area contributed by atoms with E-state index in [1.54, 1.807) is 7.11 Å². The third-order valence-electron chi connectivity index (χ3n) is 3.28. The third-order valence-corrected chi connectivity index (χ3v) is 3.28. The lowest BCUT2D eigenvalue weighted by atomic mass is 10.0. The molecule has 1 aromatic rings. The average Bonchev–Trinajstić information content (AvgIpc) is 2.62. The van der Waals surface area contributed by atoms with Crippen molar-refractivity contribution in [3.05, 3.63) is 29.3 Å².